The van der Waals surface area contributed by atoms with Crippen LogP contribution in [0, 0.1) is 5.92 Å². The van der Waals surface area contributed by atoms with Crippen molar-refractivity contribution in [3.63, 3.8) is 0 Å². The Labute approximate surface area is 238 Å². The van der Waals surface area contributed by atoms with Crippen LogP contribution in [-0.2, 0) is 23.7 Å². The molecule has 1 amide bonds. The molecule has 3 aliphatic rings. The number of carbonyl (C=O) groups excluding carboxylic acids is 1. The third kappa shape index (κ3) is 8.71. The van der Waals surface area contributed by atoms with Crippen molar-refractivity contribution in [1.82, 2.24) is 10.4 Å². The second kappa shape index (κ2) is 16.1. The number of amides is 1. The Kier molecular flexibility index (Phi) is 13.5. The van der Waals surface area contributed by atoms with Gasteiger partial charge in [0.1, 0.15) is 30.5 Å². The summed E-state index contributed by atoms with van der Waals surface area (Å²) in [5.74, 6) is -1.46. The maximum Gasteiger partial charge on any atom is 0.246 e. The third-order valence-corrected chi connectivity index (χ3v) is 7.88. The molecular formula is C24H48N6O11. The van der Waals surface area contributed by atoms with E-state index in [1.165, 1.54) is 0 Å². The first-order valence-corrected chi connectivity index (χ1v) is 14.1. The van der Waals surface area contributed by atoms with E-state index in [0.717, 1.165) is 0 Å². The van der Waals surface area contributed by atoms with Gasteiger partial charge in [-0.05, 0) is 25.2 Å². The normalized spacial score (nSPS) is 41.8. The minimum atomic E-state index is -1.54. The topological polar surface area (TPSA) is 295 Å². The second-order valence-corrected chi connectivity index (χ2v) is 10.9. The van der Waals surface area contributed by atoms with Gasteiger partial charge < -0.3 is 72.7 Å². The summed E-state index contributed by atoms with van der Waals surface area (Å²) >= 11 is 0. The number of nitrogens with zero attached hydrogens (tertiary/aromatic N) is 1. The zero-order valence-corrected chi connectivity index (χ0v) is 23.1. The highest BCUT2D eigenvalue weighted by Gasteiger charge is 2.51. The molecule has 0 aromatic rings. The molecular weight excluding hydrogens is 548 g/mol. The van der Waals surface area contributed by atoms with Gasteiger partial charge in [-0.2, -0.15) is 0 Å². The number of nitrogens with two attached hydrogens (primary N) is 4. The number of aliphatic hydroxyl groups is 5. The molecule has 2 heterocycles. The molecule has 2 saturated heterocycles. The molecule has 3 rings (SSSR count). The highest BCUT2D eigenvalue weighted by molar-refractivity contribution is 5.75. The molecule has 1 unspecified atom stereocenters. The Balaban J connectivity index is 1.79. The lowest BCUT2D eigenvalue weighted by atomic mass is 9.77. The van der Waals surface area contributed by atoms with E-state index in [1.54, 1.807) is 0 Å². The van der Waals surface area contributed by atoms with Gasteiger partial charge in [0, 0.05) is 32.1 Å². The lowest BCUT2D eigenvalue weighted by Crippen LogP contribution is -2.66. The SMILES string of the molecule is NCCN(O)C(=O)C[C@@H]1C[C@H](N)C(O[C@H]2O[C@H](CNCCO)CC[C@H]2N)[C@H](O)[C@H]1O[C@H]1O[C@H](CO)[C@@H](O)[C@H](N)[C@H]1O. The first kappa shape index (κ1) is 34.4. The summed E-state index contributed by atoms with van der Waals surface area (Å²) in [5, 5.41) is 64.5. The highest BCUT2D eigenvalue weighted by atomic mass is 16.7. The van der Waals surface area contributed by atoms with Crippen molar-refractivity contribution in [2.75, 3.05) is 39.4 Å². The smallest absolute Gasteiger partial charge is 0.246 e. The van der Waals surface area contributed by atoms with Crippen LogP contribution in [0.2, 0.25) is 0 Å². The van der Waals surface area contributed by atoms with Crippen LogP contribution in [0.5, 0.6) is 0 Å². The largest absolute Gasteiger partial charge is 0.395 e. The van der Waals surface area contributed by atoms with Crippen LogP contribution in [0.4, 0.5) is 0 Å². The molecule has 2 aliphatic heterocycles. The van der Waals surface area contributed by atoms with Gasteiger partial charge in [0.05, 0.1) is 44.1 Å². The fourth-order valence-corrected chi connectivity index (χ4v) is 5.52. The molecule has 1 aliphatic carbocycles. The van der Waals surface area contributed by atoms with Crippen LogP contribution in [-0.4, -0.2) is 155 Å². The van der Waals surface area contributed by atoms with Crippen LogP contribution in [0.15, 0.2) is 0 Å². The number of hydrogen-bond donors (Lipinski definition) is 11. The number of hydroxylamine groups is 2. The number of rotatable bonds is 13. The Bertz CT molecular complexity index is 803. The predicted molar refractivity (Wildman–Crippen MR) is 141 cm³/mol. The lowest BCUT2D eigenvalue weighted by Gasteiger charge is -2.48. The zero-order valence-electron chi connectivity index (χ0n) is 23.1. The molecule has 3 fully saturated rings. The predicted octanol–water partition coefficient (Wildman–Crippen LogP) is -5.79. The van der Waals surface area contributed by atoms with E-state index in [1.807, 2.05) is 0 Å². The molecule has 0 radical (unpaired) electrons. The van der Waals surface area contributed by atoms with Gasteiger partial charge in [0.2, 0.25) is 5.91 Å². The fraction of sp³-hybridized carbons (Fsp3) is 0.958. The molecule has 41 heavy (non-hydrogen) atoms. The zero-order chi connectivity index (χ0) is 30.3. The van der Waals surface area contributed by atoms with E-state index in [-0.39, 0.29) is 38.6 Å². The molecule has 13 atom stereocenters. The maximum absolute atomic E-state index is 12.7. The Morgan fingerprint density at radius 1 is 0.951 bits per heavy atom. The van der Waals surface area contributed by atoms with Crippen LogP contribution in [0.1, 0.15) is 25.7 Å². The molecule has 15 N–H and O–H groups in total. The van der Waals surface area contributed by atoms with Crippen molar-refractivity contribution in [2.24, 2.45) is 28.9 Å². The summed E-state index contributed by atoms with van der Waals surface area (Å²) in [6.07, 6.45) is -9.50. The molecule has 0 spiro atoms. The second-order valence-electron chi connectivity index (χ2n) is 10.9. The molecule has 17 heteroatoms. The first-order valence-electron chi connectivity index (χ1n) is 14.1. The lowest BCUT2D eigenvalue weighted by molar-refractivity contribution is -0.318. The van der Waals surface area contributed by atoms with Gasteiger partial charge in [-0.15, -0.1) is 0 Å². The van der Waals surface area contributed by atoms with E-state index in [9.17, 15) is 30.4 Å². The van der Waals surface area contributed by atoms with E-state index in [4.69, 9.17) is 47.0 Å². The average Bonchev–Trinajstić information content (AvgIpc) is 2.94. The van der Waals surface area contributed by atoms with Gasteiger partial charge in [-0.25, -0.2) is 5.06 Å². The highest BCUT2D eigenvalue weighted by Crippen LogP contribution is 2.36. The van der Waals surface area contributed by atoms with Gasteiger partial charge in [0.15, 0.2) is 12.6 Å². The molecule has 0 aromatic heterocycles. The summed E-state index contributed by atoms with van der Waals surface area (Å²) < 4.78 is 23.7. The van der Waals surface area contributed by atoms with Crippen molar-refractivity contribution in [1.29, 1.82) is 0 Å². The van der Waals surface area contributed by atoms with Crippen LogP contribution in [0.25, 0.3) is 0 Å². The summed E-state index contributed by atoms with van der Waals surface area (Å²) in [4.78, 5) is 12.7. The monoisotopic (exact) mass is 596 g/mol. The summed E-state index contributed by atoms with van der Waals surface area (Å²) in [5.41, 5.74) is 24.0. The van der Waals surface area contributed by atoms with Crippen molar-refractivity contribution in [3.05, 3.63) is 0 Å². The van der Waals surface area contributed by atoms with Gasteiger partial charge in [-0.3, -0.25) is 10.0 Å². The van der Waals surface area contributed by atoms with Crippen molar-refractivity contribution in [3.8, 4) is 0 Å². The van der Waals surface area contributed by atoms with Crippen LogP contribution >= 0.6 is 0 Å². The fourth-order valence-electron chi connectivity index (χ4n) is 5.52. The molecule has 240 valence electrons. The summed E-state index contributed by atoms with van der Waals surface area (Å²) in [6.45, 7) is 0.121. The van der Waals surface area contributed by atoms with Gasteiger partial charge in [0.25, 0.3) is 0 Å². The van der Waals surface area contributed by atoms with E-state index in [0.29, 0.717) is 31.0 Å². The first-order chi connectivity index (χ1) is 19.5. The number of nitrogens with one attached hydrogen (secondary N) is 1. The summed E-state index contributed by atoms with van der Waals surface area (Å²) in [7, 11) is 0. The van der Waals surface area contributed by atoms with Crippen LogP contribution < -0.4 is 28.3 Å². The molecule has 0 bridgehead atoms. The van der Waals surface area contributed by atoms with Gasteiger partial charge >= 0.3 is 0 Å². The van der Waals surface area contributed by atoms with E-state index in [2.05, 4.69) is 5.32 Å². The van der Waals surface area contributed by atoms with E-state index >= 15 is 0 Å². The third-order valence-electron chi connectivity index (χ3n) is 7.88. The standard InChI is InChI=1S/C24H48N6O11/c25-3-5-30(37)16(33)8-11-7-14(27)22(41-23-13(26)2-1-12(38-23)9-29-4-6-31)20(36)21(11)40-24-19(35)17(28)18(34)15(10-32)39-24/h11-15,17-24,29,31-32,34-37H,1-10,25-28H2/t11-,12-,13+,14-,15+,17-,18+,19+,20+,21-,22?,23+,24+/m0/s1. The molecule has 1 saturated carbocycles. The number of aliphatic hydroxyl groups excluding tert-OH is 5. The number of ether oxygens (including phenoxy) is 4. The Morgan fingerprint density at radius 2 is 1.66 bits per heavy atom. The van der Waals surface area contributed by atoms with Crippen molar-refractivity contribution in [2.45, 2.75) is 99.1 Å². The Morgan fingerprint density at radius 3 is 2.32 bits per heavy atom. The van der Waals surface area contributed by atoms with E-state index < -0.39 is 85.8 Å². The molecule has 0 aromatic carbocycles. The van der Waals surface area contributed by atoms with Crippen LogP contribution in [0.3, 0.4) is 0 Å². The van der Waals surface area contributed by atoms with Gasteiger partial charge in [-0.1, -0.05) is 0 Å². The quantitative estimate of drug-likeness (QED) is 0.0536. The number of hydrogen-bond acceptors (Lipinski definition) is 16. The number of carbonyl (C=O) groups is 1. The molecule has 17 nitrogen and oxygen atoms in total. The minimum Gasteiger partial charge on any atom is -0.395 e. The average molecular weight is 597 g/mol. The van der Waals surface area contributed by atoms with Crippen molar-refractivity contribution >= 4 is 5.91 Å². The summed E-state index contributed by atoms with van der Waals surface area (Å²) in [6, 6.07) is -2.56. The maximum atomic E-state index is 12.7. The minimum absolute atomic E-state index is 0.0217. The van der Waals surface area contributed by atoms with Crippen molar-refractivity contribution < 1.29 is 54.5 Å². The Hall–Kier alpha value is -1.13.